The summed E-state index contributed by atoms with van der Waals surface area (Å²) in [5.41, 5.74) is 3.53. The Kier molecular flexibility index (Phi) is 13.4. The van der Waals surface area contributed by atoms with E-state index in [9.17, 15) is 30.8 Å². The molecule has 0 unspecified atom stereocenters. The van der Waals surface area contributed by atoms with Crippen molar-refractivity contribution in [2.75, 3.05) is 10.6 Å². The zero-order valence-corrected chi connectivity index (χ0v) is 33.6. The second-order valence-electron chi connectivity index (χ2n) is 13.1. The molecule has 0 radical (unpaired) electrons. The molecule has 0 fully saturated rings. The lowest BCUT2D eigenvalue weighted by Gasteiger charge is -2.14. The number of aromatic nitrogens is 4. The van der Waals surface area contributed by atoms with Crippen LogP contribution in [0.5, 0.6) is 0 Å². The van der Waals surface area contributed by atoms with Gasteiger partial charge in [0.1, 0.15) is 27.7 Å². The first kappa shape index (κ1) is 43.4. The molecule has 2 amide bonds. The van der Waals surface area contributed by atoms with Gasteiger partial charge in [0.2, 0.25) is 31.9 Å². The van der Waals surface area contributed by atoms with E-state index < -0.39 is 31.8 Å². The number of primary sulfonamides is 2. The Balaban J connectivity index is 0.000000224. The maximum absolute atomic E-state index is 13.3. The van der Waals surface area contributed by atoms with Crippen LogP contribution in [0, 0.1) is 28.5 Å². The highest BCUT2D eigenvalue weighted by atomic mass is 35.5. The summed E-state index contributed by atoms with van der Waals surface area (Å²) >= 11 is 5.96. The number of carbonyl (C=O) groups is 2. The van der Waals surface area contributed by atoms with Crippen molar-refractivity contribution in [3.05, 3.63) is 142 Å². The van der Waals surface area contributed by atoms with Crippen LogP contribution in [0.4, 0.5) is 15.8 Å². The first-order chi connectivity index (χ1) is 27.9. The summed E-state index contributed by atoms with van der Waals surface area (Å²) in [6.45, 7) is 4.11. The maximum Gasteiger partial charge on any atom is 0.240 e. The number of hydrogen-bond acceptors (Lipinski definition) is 10. The van der Waals surface area contributed by atoms with E-state index >= 15 is 0 Å². The van der Waals surface area contributed by atoms with Gasteiger partial charge in [-0.25, -0.2) is 40.9 Å². The van der Waals surface area contributed by atoms with Gasteiger partial charge >= 0.3 is 0 Å². The highest BCUT2D eigenvalue weighted by Gasteiger charge is 2.20. The molecule has 6 aromatic rings. The van der Waals surface area contributed by atoms with E-state index in [-0.39, 0.29) is 73.2 Å². The molecule has 20 heteroatoms. The van der Waals surface area contributed by atoms with Crippen molar-refractivity contribution in [3.63, 3.8) is 0 Å². The second-order valence-corrected chi connectivity index (χ2v) is 16.5. The number of benzene rings is 4. The molecule has 6 N–H and O–H groups in total. The van der Waals surface area contributed by atoms with E-state index in [1.165, 1.54) is 76.6 Å². The molecule has 4 aromatic carbocycles. The van der Waals surface area contributed by atoms with Gasteiger partial charge in [-0.15, -0.1) is 0 Å². The number of amides is 2. The number of hydrogen-bond donors (Lipinski definition) is 4. The molecule has 0 saturated carbocycles. The van der Waals surface area contributed by atoms with Gasteiger partial charge in [-0.1, -0.05) is 49.7 Å². The van der Waals surface area contributed by atoms with Crippen molar-refractivity contribution in [2.24, 2.45) is 10.3 Å². The summed E-state index contributed by atoms with van der Waals surface area (Å²) in [7, 11) is -8.28. The number of nitrogens with zero attached hydrogens (tertiary/aromatic N) is 6. The highest BCUT2D eigenvalue weighted by molar-refractivity contribution is 7.89. The number of nitriles is 2. The van der Waals surface area contributed by atoms with Crippen LogP contribution in [0.2, 0.25) is 5.02 Å². The van der Waals surface area contributed by atoms with Gasteiger partial charge in [0, 0.05) is 28.8 Å². The fraction of sp³-hybridized carbons (Fsp3) is 0.128. The quantitative estimate of drug-likeness (QED) is 0.135. The molecule has 0 bridgehead atoms. The Labute approximate surface area is 343 Å². The van der Waals surface area contributed by atoms with Crippen molar-refractivity contribution >= 4 is 54.8 Å². The molecule has 0 atom stereocenters. The molecule has 16 nitrogen and oxygen atoms in total. The van der Waals surface area contributed by atoms with Gasteiger partial charge in [0.05, 0.1) is 47.7 Å². The maximum atomic E-state index is 13.3. The summed E-state index contributed by atoms with van der Waals surface area (Å²) in [4.78, 5) is 24.3. The number of rotatable bonds is 11. The Bertz CT molecular complexity index is 2880. The van der Waals surface area contributed by atoms with Gasteiger partial charge in [0.15, 0.2) is 0 Å². The third-order valence-electron chi connectivity index (χ3n) is 8.40. The molecular weight excluding hydrogens is 823 g/mol. The van der Waals surface area contributed by atoms with Gasteiger partial charge in [-0.2, -0.15) is 20.7 Å². The summed E-state index contributed by atoms with van der Waals surface area (Å²) in [5, 5.41) is 41.9. The number of anilines is 2. The van der Waals surface area contributed by atoms with Gasteiger partial charge < -0.3 is 10.6 Å². The SMILES string of the molecule is CC(C)c1ccccc1CC(=O)Nc1ccc(-n2cc(C#N)cn2)c(S(N)(=O)=O)c1.N#Cc1cnn(-c2ccc(NC(=O)Cc3cc(F)ccc3Cl)cc2S(N)(=O)=O)c1. The molecule has 0 aliphatic rings. The van der Waals surface area contributed by atoms with Crippen LogP contribution in [0.3, 0.4) is 0 Å². The molecule has 6 rings (SSSR count). The Morgan fingerprint density at radius 1 is 0.746 bits per heavy atom. The number of nitrogens with one attached hydrogen (secondary N) is 2. The van der Waals surface area contributed by atoms with E-state index in [0.717, 1.165) is 17.2 Å². The van der Waals surface area contributed by atoms with E-state index in [0.29, 0.717) is 5.69 Å². The predicted octanol–water partition coefficient (Wildman–Crippen LogP) is 5.06. The normalized spacial score (nSPS) is 11.2. The third-order valence-corrected chi connectivity index (χ3v) is 10.7. The van der Waals surface area contributed by atoms with Crippen molar-refractivity contribution in [1.29, 1.82) is 10.5 Å². The molecule has 2 aromatic heterocycles. The molecule has 0 spiro atoms. The van der Waals surface area contributed by atoms with Crippen LogP contribution in [0.25, 0.3) is 11.4 Å². The zero-order chi connectivity index (χ0) is 43.1. The standard InChI is InChI=1S/C21H21N5O3S.C18H13ClFN5O3S/c1-14(2)18-6-4-3-5-16(18)9-21(27)25-17-7-8-19(20(10-17)30(23,28)29)26-13-15(11-22)12-24-26;19-15-3-1-13(20)5-12(15)6-18(26)24-14-2-4-16(17(7-14)29(22,27)28)25-10-11(8-21)9-23-25/h3-8,10,12-14H,9H2,1-2H3,(H,25,27)(H2,23,28,29);1-5,7,9-10H,6H2,(H,24,26)(H2,22,27,28). The van der Waals surface area contributed by atoms with Crippen molar-refractivity contribution in [1.82, 2.24) is 19.6 Å². The van der Waals surface area contributed by atoms with E-state index in [1.54, 1.807) is 6.07 Å². The van der Waals surface area contributed by atoms with Gasteiger partial charge in [-0.05, 0) is 77.2 Å². The average Bonchev–Trinajstić information content (AvgIpc) is 3.86. The van der Waals surface area contributed by atoms with Gasteiger partial charge in [0.25, 0.3) is 0 Å². The van der Waals surface area contributed by atoms with Crippen molar-refractivity contribution in [3.8, 4) is 23.5 Å². The highest BCUT2D eigenvalue weighted by Crippen LogP contribution is 2.26. The summed E-state index contributed by atoms with van der Waals surface area (Å²) in [6, 6.07) is 23.5. The molecular formula is C39H34ClFN10O6S2. The zero-order valence-electron chi connectivity index (χ0n) is 31.2. The van der Waals surface area contributed by atoms with Crippen LogP contribution in [-0.2, 0) is 42.5 Å². The lowest BCUT2D eigenvalue weighted by Crippen LogP contribution is -2.18. The fourth-order valence-electron chi connectivity index (χ4n) is 5.74. The Morgan fingerprint density at radius 2 is 1.22 bits per heavy atom. The molecule has 302 valence electrons. The van der Waals surface area contributed by atoms with Crippen LogP contribution in [-0.4, -0.2) is 48.2 Å². The minimum atomic E-state index is -4.17. The summed E-state index contributed by atoms with van der Waals surface area (Å²) in [6.07, 6.45) is 5.26. The first-order valence-corrected chi connectivity index (χ1v) is 20.7. The summed E-state index contributed by atoms with van der Waals surface area (Å²) in [5.74, 6) is -1.07. The third kappa shape index (κ3) is 11.2. The molecule has 2 heterocycles. The largest absolute Gasteiger partial charge is 0.326 e. The lowest BCUT2D eigenvalue weighted by atomic mass is 9.95. The number of halogens is 2. The lowest BCUT2D eigenvalue weighted by molar-refractivity contribution is -0.116. The van der Waals surface area contributed by atoms with E-state index in [4.69, 9.17) is 32.4 Å². The molecule has 0 aliphatic heterocycles. The van der Waals surface area contributed by atoms with E-state index in [1.807, 2.05) is 36.4 Å². The second kappa shape index (κ2) is 18.2. The topological polar surface area (TPSA) is 262 Å². The smallest absolute Gasteiger partial charge is 0.240 e. The Hall–Kier alpha value is -6.74. The van der Waals surface area contributed by atoms with Crippen LogP contribution >= 0.6 is 11.6 Å². The minimum absolute atomic E-state index is 0.111. The average molecular weight is 857 g/mol. The van der Waals surface area contributed by atoms with E-state index in [2.05, 4.69) is 34.7 Å². The molecule has 59 heavy (non-hydrogen) atoms. The van der Waals surface area contributed by atoms with Crippen LogP contribution in [0.1, 0.15) is 47.6 Å². The first-order valence-electron chi connectivity index (χ1n) is 17.2. The summed E-state index contributed by atoms with van der Waals surface area (Å²) < 4.78 is 64.0. The minimum Gasteiger partial charge on any atom is -0.326 e. The molecule has 0 saturated heterocycles. The number of sulfonamides is 2. The number of nitrogens with two attached hydrogens (primary N) is 2. The molecule has 0 aliphatic carbocycles. The fourth-order valence-corrected chi connectivity index (χ4v) is 7.41. The van der Waals surface area contributed by atoms with Gasteiger partial charge in [-0.3, -0.25) is 9.59 Å². The Morgan fingerprint density at radius 3 is 1.66 bits per heavy atom. The predicted molar refractivity (Wildman–Crippen MR) is 216 cm³/mol. The monoisotopic (exact) mass is 856 g/mol. The van der Waals surface area contributed by atoms with Crippen molar-refractivity contribution < 1.29 is 30.8 Å². The van der Waals surface area contributed by atoms with Crippen LogP contribution in [0.15, 0.2) is 113 Å². The van der Waals surface area contributed by atoms with Crippen molar-refractivity contribution in [2.45, 2.75) is 42.4 Å². The number of carbonyl (C=O) groups excluding carboxylic acids is 2. The van der Waals surface area contributed by atoms with Crippen LogP contribution < -0.4 is 20.9 Å².